The van der Waals surface area contributed by atoms with Crippen molar-refractivity contribution in [1.29, 1.82) is 0 Å². The van der Waals surface area contributed by atoms with Crippen LogP contribution in [0.5, 0.6) is 0 Å². The maximum atomic E-state index is 11.8. The van der Waals surface area contributed by atoms with E-state index < -0.39 is 0 Å². The first-order valence-corrected chi connectivity index (χ1v) is 7.17. The summed E-state index contributed by atoms with van der Waals surface area (Å²) in [4.78, 5) is 11.8. The number of carbonyl (C=O) groups excluding carboxylic acids is 1. The van der Waals surface area contributed by atoms with Gasteiger partial charge in [-0.3, -0.25) is 4.79 Å². The molecule has 0 bridgehead atoms. The minimum atomic E-state index is -0.173. The molecule has 104 valence electrons. The Balaban J connectivity index is 1.88. The Labute approximate surface area is 115 Å². The van der Waals surface area contributed by atoms with Crippen molar-refractivity contribution in [2.45, 2.75) is 50.6 Å². The van der Waals surface area contributed by atoms with Crippen molar-refractivity contribution >= 4 is 5.97 Å². The van der Waals surface area contributed by atoms with E-state index in [1.165, 1.54) is 38.4 Å². The average Bonchev–Trinajstić information content (AvgIpc) is 2.96. The number of rotatable bonds is 6. The summed E-state index contributed by atoms with van der Waals surface area (Å²) >= 11 is 0. The third-order valence-electron chi connectivity index (χ3n) is 3.84. The van der Waals surface area contributed by atoms with Crippen LogP contribution in [0.15, 0.2) is 30.3 Å². The summed E-state index contributed by atoms with van der Waals surface area (Å²) in [5.41, 5.74) is 1.27. The van der Waals surface area contributed by atoms with Gasteiger partial charge >= 0.3 is 5.97 Å². The molecule has 1 atom stereocenters. The summed E-state index contributed by atoms with van der Waals surface area (Å²) in [5, 5.41) is 3.46. The number of methoxy groups -OCH3 is 1. The molecule has 0 heterocycles. The summed E-state index contributed by atoms with van der Waals surface area (Å²) in [6.45, 7) is 0. The predicted octanol–water partition coefficient (Wildman–Crippen LogP) is 2.69. The number of esters is 1. The minimum absolute atomic E-state index is 0.136. The van der Waals surface area contributed by atoms with Gasteiger partial charge < -0.3 is 10.1 Å². The van der Waals surface area contributed by atoms with E-state index in [1.54, 1.807) is 0 Å². The highest BCUT2D eigenvalue weighted by molar-refractivity contribution is 5.75. The van der Waals surface area contributed by atoms with Crippen LogP contribution in [0.2, 0.25) is 0 Å². The second kappa shape index (κ2) is 7.29. The number of carbonyl (C=O) groups is 1. The summed E-state index contributed by atoms with van der Waals surface area (Å²) in [5.74, 6) is -0.136. The van der Waals surface area contributed by atoms with Crippen LogP contribution in [-0.2, 0) is 16.0 Å². The van der Waals surface area contributed by atoms with Crippen molar-refractivity contribution < 1.29 is 9.53 Å². The molecule has 1 aliphatic carbocycles. The molecule has 1 saturated carbocycles. The zero-order valence-electron chi connectivity index (χ0n) is 11.6. The van der Waals surface area contributed by atoms with Gasteiger partial charge in [-0.2, -0.15) is 0 Å². The van der Waals surface area contributed by atoms with Gasteiger partial charge in [-0.25, -0.2) is 0 Å². The molecule has 1 N–H and O–H groups in total. The molecule has 1 aliphatic rings. The first-order valence-electron chi connectivity index (χ1n) is 7.17. The fourth-order valence-corrected chi connectivity index (χ4v) is 2.74. The highest BCUT2D eigenvalue weighted by Gasteiger charge is 2.24. The number of aryl methyl sites for hydroxylation is 1. The van der Waals surface area contributed by atoms with Crippen molar-refractivity contribution in [1.82, 2.24) is 5.32 Å². The molecule has 2 rings (SSSR count). The second-order valence-corrected chi connectivity index (χ2v) is 5.25. The first kappa shape index (κ1) is 14.1. The quantitative estimate of drug-likeness (QED) is 0.800. The fourth-order valence-electron chi connectivity index (χ4n) is 2.74. The summed E-state index contributed by atoms with van der Waals surface area (Å²) in [7, 11) is 1.47. The molecule has 0 amide bonds. The summed E-state index contributed by atoms with van der Waals surface area (Å²) < 4.78 is 4.91. The van der Waals surface area contributed by atoms with Crippen molar-refractivity contribution in [3.8, 4) is 0 Å². The lowest BCUT2D eigenvalue weighted by Crippen LogP contribution is -2.43. The van der Waals surface area contributed by atoms with Gasteiger partial charge in [-0.1, -0.05) is 43.2 Å². The van der Waals surface area contributed by atoms with E-state index in [1.807, 2.05) is 18.2 Å². The molecule has 3 nitrogen and oxygen atoms in total. The highest BCUT2D eigenvalue weighted by Crippen LogP contribution is 2.19. The maximum Gasteiger partial charge on any atom is 0.322 e. The molecule has 1 unspecified atom stereocenters. The summed E-state index contributed by atoms with van der Waals surface area (Å²) in [6, 6.07) is 10.6. The number of benzene rings is 1. The molecule has 0 aromatic heterocycles. The largest absolute Gasteiger partial charge is 0.468 e. The standard InChI is InChI=1S/C16H23NO2/c1-19-16(18)15(17-14-9-5-6-10-14)12-11-13-7-3-2-4-8-13/h2-4,7-8,14-15,17H,5-6,9-12H2,1H3. The second-order valence-electron chi connectivity index (χ2n) is 5.25. The van der Waals surface area contributed by atoms with Gasteiger partial charge in [0.1, 0.15) is 6.04 Å². The van der Waals surface area contributed by atoms with Gasteiger partial charge in [0.15, 0.2) is 0 Å². The zero-order valence-corrected chi connectivity index (χ0v) is 11.6. The van der Waals surface area contributed by atoms with Crippen molar-refractivity contribution in [3.05, 3.63) is 35.9 Å². The summed E-state index contributed by atoms with van der Waals surface area (Å²) in [6.07, 6.45) is 6.60. The van der Waals surface area contributed by atoms with Crippen LogP contribution in [0.4, 0.5) is 0 Å². The monoisotopic (exact) mass is 261 g/mol. The molecule has 19 heavy (non-hydrogen) atoms. The predicted molar refractivity (Wildman–Crippen MR) is 76.0 cm³/mol. The van der Waals surface area contributed by atoms with E-state index in [0.717, 1.165) is 12.8 Å². The van der Waals surface area contributed by atoms with E-state index in [9.17, 15) is 4.79 Å². The van der Waals surface area contributed by atoms with Gasteiger partial charge in [0, 0.05) is 6.04 Å². The number of ether oxygens (including phenoxy) is 1. The minimum Gasteiger partial charge on any atom is -0.468 e. The van der Waals surface area contributed by atoms with Gasteiger partial charge in [0.2, 0.25) is 0 Å². The van der Waals surface area contributed by atoms with Crippen molar-refractivity contribution in [2.24, 2.45) is 0 Å². The molecule has 0 spiro atoms. The van der Waals surface area contributed by atoms with E-state index in [2.05, 4.69) is 17.4 Å². The molecule has 1 fully saturated rings. The van der Waals surface area contributed by atoms with Crippen LogP contribution >= 0.6 is 0 Å². The smallest absolute Gasteiger partial charge is 0.322 e. The molecule has 0 radical (unpaired) electrons. The van der Waals surface area contributed by atoms with Crippen LogP contribution in [0, 0.1) is 0 Å². The number of nitrogens with one attached hydrogen (secondary N) is 1. The van der Waals surface area contributed by atoms with Crippen LogP contribution < -0.4 is 5.32 Å². The van der Waals surface area contributed by atoms with Gasteiger partial charge in [-0.15, -0.1) is 0 Å². The third kappa shape index (κ3) is 4.35. The number of hydrogen-bond acceptors (Lipinski definition) is 3. The van der Waals surface area contributed by atoms with Crippen LogP contribution in [0.1, 0.15) is 37.7 Å². The highest BCUT2D eigenvalue weighted by atomic mass is 16.5. The average molecular weight is 261 g/mol. The van der Waals surface area contributed by atoms with E-state index >= 15 is 0 Å². The molecule has 3 heteroatoms. The fraction of sp³-hybridized carbons (Fsp3) is 0.562. The lowest BCUT2D eigenvalue weighted by Gasteiger charge is -2.20. The van der Waals surface area contributed by atoms with Crippen molar-refractivity contribution in [3.63, 3.8) is 0 Å². The molecule has 1 aromatic carbocycles. The van der Waals surface area contributed by atoms with Crippen molar-refractivity contribution in [2.75, 3.05) is 7.11 Å². The first-order chi connectivity index (χ1) is 9.29. The van der Waals surface area contributed by atoms with Crippen LogP contribution in [0.25, 0.3) is 0 Å². The van der Waals surface area contributed by atoms with Crippen LogP contribution in [-0.4, -0.2) is 25.2 Å². The zero-order chi connectivity index (χ0) is 13.5. The topological polar surface area (TPSA) is 38.3 Å². The maximum absolute atomic E-state index is 11.8. The van der Waals surface area contributed by atoms with E-state index in [-0.39, 0.29) is 12.0 Å². The molecule has 0 aliphatic heterocycles. The number of hydrogen-bond donors (Lipinski definition) is 1. The SMILES string of the molecule is COC(=O)C(CCc1ccccc1)NC1CCCC1. The Hall–Kier alpha value is -1.35. The molecular formula is C16H23NO2. The van der Waals surface area contributed by atoms with E-state index in [0.29, 0.717) is 6.04 Å². The Kier molecular flexibility index (Phi) is 5.40. The molecular weight excluding hydrogens is 238 g/mol. The van der Waals surface area contributed by atoms with Gasteiger partial charge in [0.25, 0.3) is 0 Å². The Morgan fingerprint density at radius 1 is 1.32 bits per heavy atom. The Bertz CT molecular complexity index is 385. The van der Waals surface area contributed by atoms with E-state index in [4.69, 9.17) is 4.74 Å². The molecule has 0 saturated heterocycles. The lowest BCUT2D eigenvalue weighted by molar-refractivity contribution is -0.143. The normalized spacial score (nSPS) is 17.3. The van der Waals surface area contributed by atoms with Gasteiger partial charge in [-0.05, 0) is 31.2 Å². The third-order valence-corrected chi connectivity index (χ3v) is 3.84. The lowest BCUT2D eigenvalue weighted by atomic mass is 10.0. The molecule has 1 aromatic rings. The van der Waals surface area contributed by atoms with Gasteiger partial charge in [0.05, 0.1) is 7.11 Å². The Morgan fingerprint density at radius 2 is 2.00 bits per heavy atom. The Morgan fingerprint density at radius 3 is 2.63 bits per heavy atom. The van der Waals surface area contributed by atoms with Crippen LogP contribution in [0.3, 0.4) is 0 Å².